The summed E-state index contributed by atoms with van der Waals surface area (Å²) in [4.78, 5) is 10.0. The van der Waals surface area contributed by atoms with Gasteiger partial charge in [0.2, 0.25) is 5.95 Å². The topological polar surface area (TPSA) is 81.1 Å². The SMILES string of the molecule is COc1cc(/C=N\Nc2ncc(F)c(N3CCOCC3)n2)cc(I)c1OCc1ccc(Cl)cc1Cl. The van der Waals surface area contributed by atoms with Crippen molar-refractivity contribution in [2.75, 3.05) is 43.7 Å². The minimum absolute atomic E-state index is 0.186. The third-order valence-corrected chi connectivity index (χ3v) is 6.44. The lowest BCUT2D eigenvalue weighted by Gasteiger charge is -2.27. The number of morpholine rings is 1. The molecule has 0 bridgehead atoms. The first kappa shape index (κ1) is 25.7. The Kier molecular flexibility index (Phi) is 8.82. The van der Waals surface area contributed by atoms with Crippen LogP contribution >= 0.6 is 45.8 Å². The van der Waals surface area contributed by atoms with Gasteiger partial charge in [0.1, 0.15) is 6.61 Å². The first-order valence-corrected chi connectivity index (χ1v) is 12.4. The van der Waals surface area contributed by atoms with Crippen molar-refractivity contribution < 1.29 is 18.6 Å². The molecule has 1 aromatic heterocycles. The highest BCUT2D eigenvalue weighted by atomic mass is 127. The van der Waals surface area contributed by atoms with Crippen LogP contribution in [0.1, 0.15) is 11.1 Å². The van der Waals surface area contributed by atoms with Gasteiger partial charge in [-0.15, -0.1) is 0 Å². The van der Waals surface area contributed by atoms with E-state index < -0.39 is 5.82 Å². The van der Waals surface area contributed by atoms with Crippen molar-refractivity contribution >= 4 is 63.8 Å². The molecule has 0 amide bonds. The summed E-state index contributed by atoms with van der Waals surface area (Å²) in [5.74, 6) is 1.04. The Balaban J connectivity index is 1.45. The predicted molar refractivity (Wildman–Crippen MR) is 143 cm³/mol. The number of hydrogen-bond donors (Lipinski definition) is 1. The van der Waals surface area contributed by atoms with E-state index in [1.54, 1.807) is 31.5 Å². The third-order valence-electron chi connectivity index (χ3n) is 5.05. The van der Waals surface area contributed by atoms with Crippen molar-refractivity contribution in [1.29, 1.82) is 0 Å². The van der Waals surface area contributed by atoms with Crippen LogP contribution in [0.15, 0.2) is 41.6 Å². The van der Waals surface area contributed by atoms with Crippen molar-refractivity contribution in [3.8, 4) is 11.5 Å². The van der Waals surface area contributed by atoms with E-state index in [0.717, 1.165) is 20.9 Å². The Bertz CT molecular complexity index is 1230. The van der Waals surface area contributed by atoms with Gasteiger partial charge in [-0.2, -0.15) is 10.1 Å². The quantitative estimate of drug-likeness (QED) is 0.203. The maximum absolute atomic E-state index is 14.2. The average Bonchev–Trinajstić information content (AvgIpc) is 2.85. The third kappa shape index (κ3) is 6.63. The van der Waals surface area contributed by atoms with Gasteiger partial charge in [-0.25, -0.2) is 14.8 Å². The molecule has 0 spiro atoms. The summed E-state index contributed by atoms with van der Waals surface area (Å²) in [6, 6.07) is 8.92. The van der Waals surface area contributed by atoms with E-state index in [0.29, 0.717) is 47.8 Å². The Morgan fingerprint density at radius 2 is 2.06 bits per heavy atom. The van der Waals surface area contributed by atoms with E-state index in [1.165, 1.54) is 0 Å². The van der Waals surface area contributed by atoms with Crippen LogP contribution < -0.4 is 19.8 Å². The zero-order chi connectivity index (χ0) is 24.8. The lowest BCUT2D eigenvalue weighted by molar-refractivity contribution is 0.122. The number of aromatic nitrogens is 2. The second-order valence-corrected chi connectivity index (χ2v) is 9.40. The van der Waals surface area contributed by atoms with E-state index in [4.69, 9.17) is 37.4 Å². The van der Waals surface area contributed by atoms with Crippen LogP contribution in [0.4, 0.5) is 16.2 Å². The fourth-order valence-corrected chi connectivity index (χ4v) is 4.56. The first-order valence-electron chi connectivity index (χ1n) is 10.5. The molecule has 3 aromatic rings. The Morgan fingerprint density at radius 3 is 2.80 bits per heavy atom. The van der Waals surface area contributed by atoms with Gasteiger partial charge in [0, 0.05) is 28.7 Å². The van der Waals surface area contributed by atoms with Crippen molar-refractivity contribution in [3.63, 3.8) is 0 Å². The molecule has 1 aliphatic rings. The maximum atomic E-state index is 14.2. The summed E-state index contributed by atoms with van der Waals surface area (Å²) >= 11 is 14.4. The summed E-state index contributed by atoms with van der Waals surface area (Å²) in [6.45, 7) is 2.43. The molecular formula is C23H21Cl2FIN5O3. The Morgan fingerprint density at radius 1 is 1.26 bits per heavy atom. The van der Waals surface area contributed by atoms with Crippen LogP contribution in [0.2, 0.25) is 10.0 Å². The number of nitrogens with one attached hydrogen (secondary N) is 1. The number of nitrogens with zero attached hydrogens (tertiary/aromatic N) is 4. The number of methoxy groups -OCH3 is 1. The van der Waals surface area contributed by atoms with E-state index in [2.05, 4.69) is 43.1 Å². The Hall–Kier alpha value is -2.41. The normalized spacial score (nSPS) is 13.8. The molecule has 0 aliphatic carbocycles. The van der Waals surface area contributed by atoms with Crippen LogP contribution in [0.3, 0.4) is 0 Å². The van der Waals surface area contributed by atoms with E-state index in [-0.39, 0.29) is 18.4 Å². The van der Waals surface area contributed by atoms with Crippen LogP contribution in [0.25, 0.3) is 0 Å². The molecule has 0 saturated carbocycles. The molecule has 184 valence electrons. The van der Waals surface area contributed by atoms with Gasteiger partial charge >= 0.3 is 0 Å². The van der Waals surface area contributed by atoms with Crippen molar-refractivity contribution in [1.82, 2.24) is 9.97 Å². The van der Waals surface area contributed by atoms with Crippen molar-refractivity contribution in [3.05, 3.63) is 67.1 Å². The number of rotatable bonds is 8. The molecule has 4 rings (SSSR count). The summed E-state index contributed by atoms with van der Waals surface area (Å²) in [7, 11) is 1.56. The minimum atomic E-state index is -0.490. The van der Waals surface area contributed by atoms with E-state index in [9.17, 15) is 4.39 Å². The lowest BCUT2D eigenvalue weighted by atomic mass is 10.2. The molecule has 8 nitrogen and oxygen atoms in total. The Labute approximate surface area is 225 Å². The van der Waals surface area contributed by atoms with Gasteiger partial charge in [-0.05, 0) is 52.4 Å². The number of ether oxygens (including phenoxy) is 3. The lowest BCUT2D eigenvalue weighted by Crippen LogP contribution is -2.37. The van der Waals surface area contributed by atoms with Gasteiger partial charge in [0.25, 0.3) is 0 Å². The fourth-order valence-electron chi connectivity index (χ4n) is 3.32. The summed E-state index contributed by atoms with van der Waals surface area (Å²) in [5, 5.41) is 5.28. The van der Waals surface area contributed by atoms with Gasteiger partial charge < -0.3 is 19.1 Å². The zero-order valence-corrected chi connectivity index (χ0v) is 22.3. The van der Waals surface area contributed by atoms with Crippen molar-refractivity contribution in [2.45, 2.75) is 6.61 Å². The molecule has 12 heteroatoms. The van der Waals surface area contributed by atoms with Crippen LogP contribution in [-0.4, -0.2) is 49.6 Å². The van der Waals surface area contributed by atoms with E-state index in [1.807, 2.05) is 17.0 Å². The van der Waals surface area contributed by atoms with Crippen LogP contribution in [-0.2, 0) is 11.3 Å². The molecule has 2 heterocycles. The van der Waals surface area contributed by atoms with Gasteiger partial charge in [-0.3, -0.25) is 0 Å². The minimum Gasteiger partial charge on any atom is -0.493 e. The second-order valence-electron chi connectivity index (χ2n) is 7.39. The largest absolute Gasteiger partial charge is 0.493 e. The molecule has 35 heavy (non-hydrogen) atoms. The molecule has 0 radical (unpaired) electrons. The van der Waals surface area contributed by atoms with Crippen molar-refractivity contribution in [2.24, 2.45) is 5.10 Å². The van der Waals surface area contributed by atoms with Crippen LogP contribution in [0.5, 0.6) is 11.5 Å². The average molecular weight is 632 g/mol. The molecule has 0 atom stereocenters. The molecule has 1 aliphatic heterocycles. The predicted octanol–water partition coefficient (Wildman–Crippen LogP) is 5.40. The van der Waals surface area contributed by atoms with Gasteiger partial charge in [-0.1, -0.05) is 29.3 Å². The fraction of sp³-hybridized carbons (Fsp3) is 0.261. The highest BCUT2D eigenvalue weighted by Gasteiger charge is 2.18. The zero-order valence-electron chi connectivity index (χ0n) is 18.6. The van der Waals surface area contributed by atoms with Crippen LogP contribution in [0, 0.1) is 9.39 Å². The monoisotopic (exact) mass is 631 g/mol. The number of hydrazone groups is 1. The molecule has 2 aromatic carbocycles. The molecule has 0 unspecified atom stereocenters. The molecule has 1 fully saturated rings. The number of benzene rings is 2. The highest BCUT2D eigenvalue weighted by molar-refractivity contribution is 14.1. The standard InChI is InChI=1S/C23H21Cl2FIN5O3/c1-33-20-9-14(8-19(27)21(20)35-13-15-2-3-16(24)10-17(15)25)11-29-31-23-28-12-18(26)22(30-23)32-4-6-34-7-5-32/h2-3,8-12H,4-7,13H2,1H3,(H,28,30,31)/b29-11-. The molecular weight excluding hydrogens is 611 g/mol. The van der Waals surface area contributed by atoms with Gasteiger partial charge in [0.15, 0.2) is 23.1 Å². The summed E-state index contributed by atoms with van der Waals surface area (Å²) < 4.78 is 31.8. The molecule has 1 N–H and O–H groups in total. The number of hydrogen-bond acceptors (Lipinski definition) is 8. The smallest absolute Gasteiger partial charge is 0.245 e. The highest BCUT2D eigenvalue weighted by Crippen LogP contribution is 2.35. The maximum Gasteiger partial charge on any atom is 0.245 e. The second kappa shape index (κ2) is 12.0. The number of anilines is 2. The summed E-state index contributed by atoms with van der Waals surface area (Å²) in [6.07, 6.45) is 2.71. The molecule has 1 saturated heterocycles. The summed E-state index contributed by atoms with van der Waals surface area (Å²) in [5.41, 5.74) is 4.31. The van der Waals surface area contributed by atoms with E-state index >= 15 is 0 Å². The van der Waals surface area contributed by atoms with Gasteiger partial charge in [0.05, 0.1) is 36.3 Å². The number of halogens is 4. The first-order chi connectivity index (χ1) is 16.9.